The van der Waals surface area contributed by atoms with E-state index in [1.54, 1.807) is 6.08 Å². The topological polar surface area (TPSA) is 114 Å². The van der Waals surface area contributed by atoms with Gasteiger partial charge in [-0.05, 0) is 13.0 Å². The van der Waals surface area contributed by atoms with Crippen LogP contribution < -0.4 is 16.8 Å². The van der Waals surface area contributed by atoms with Crippen LogP contribution >= 0.6 is 0 Å². The number of hydrogen-bond donors (Lipinski definition) is 4. The van der Waals surface area contributed by atoms with Crippen LogP contribution in [0.15, 0.2) is 16.6 Å². The first-order valence-electron chi connectivity index (χ1n) is 5.15. The lowest BCUT2D eigenvalue weighted by Crippen LogP contribution is -2.45. The molecule has 16 heavy (non-hydrogen) atoms. The largest absolute Gasteiger partial charge is 0.478 e. The number of guanidine groups is 1. The zero-order valence-electron chi connectivity index (χ0n) is 9.47. The highest BCUT2D eigenvalue weighted by molar-refractivity contribution is 5.87. The van der Waals surface area contributed by atoms with Crippen LogP contribution in [0.25, 0.3) is 0 Å². The summed E-state index contributed by atoms with van der Waals surface area (Å²) in [6.45, 7) is 1.94. The van der Waals surface area contributed by atoms with Crippen molar-refractivity contribution in [1.82, 2.24) is 5.32 Å². The number of rotatable bonds is 3. The summed E-state index contributed by atoms with van der Waals surface area (Å²) in [6.07, 6.45) is 2.10. The first-order valence-corrected chi connectivity index (χ1v) is 5.15. The Kier molecular flexibility index (Phi) is 3.89. The van der Waals surface area contributed by atoms with Gasteiger partial charge in [0.05, 0.1) is 6.04 Å². The molecule has 0 aromatic rings. The average Bonchev–Trinajstić information content (AvgIpc) is 2.16. The van der Waals surface area contributed by atoms with Crippen molar-refractivity contribution in [3.8, 4) is 0 Å². The lowest BCUT2D eigenvalue weighted by Gasteiger charge is -2.32. The molecular weight excluding hydrogens is 208 g/mol. The Morgan fingerprint density at radius 2 is 2.25 bits per heavy atom. The van der Waals surface area contributed by atoms with Gasteiger partial charge >= 0.3 is 5.97 Å². The number of aliphatic carboxylic acids is 1. The highest BCUT2D eigenvalue weighted by Crippen LogP contribution is 2.25. The van der Waals surface area contributed by atoms with E-state index in [2.05, 4.69) is 10.3 Å². The molecule has 0 bridgehead atoms. The molecule has 0 aromatic heterocycles. The second-order valence-electron chi connectivity index (χ2n) is 4.00. The van der Waals surface area contributed by atoms with Crippen LogP contribution in [0, 0.1) is 5.92 Å². The molecule has 0 unspecified atom stereocenters. The molecule has 0 heterocycles. The molecule has 0 radical (unpaired) electrons. The monoisotopic (exact) mass is 226 g/mol. The molecule has 90 valence electrons. The fourth-order valence-corrected chi connectivity index (χ4v) is 2.12. The number of nitrogens with one attached hydrogen (secondary N) is 1. The van der Waals surface area contributed by atoms with Crippen molar-refractivity contribution in [2.24, 2.45) is 22.4 Å². The van der Waals surface area contributed by atoms with Crippen LogP contribution in [0.4, 0.5) is 0 Å². The summed E-state index contributed by atoms with van der Waals surface area (Å²) in [5.74, 6) is -0.834. The second kappa shape index (κ2) is 4.98. The van der Waals surface area contributed by atoms with Gasteiger partial charge in [-0.1, -0.05) is 13.0 Å². The van der Waals surface area contributed by atoms with Crippen LogP contribution in [0.5, 0.6) is 0 Å². The molecule has 6 heteroatoms. The predicted octanol–water partition coefficient (Wildman–Crippen LogP) is -0.733. The van der Waals surface area contributed by atoms with Gasteiger partial charge in [0, 0.05) is 18.0 Å². The number of carboxylic acids is 1. The molecule has 0 fully saturated rings. The molecule has 0 saturated heterocycles. The quantitative estimate of drug-likeness (QED) is 0.374. The summed E-state index contributed by atoms with van der Waals surface area (Å²) in [4.78, 5) is 15.0. The van der Waals surface area contributed by atoms with Gasteiger partial charge in [-0.15, -0.1) is 0 Å². The minimum absolute atomic E-state index is 0.0101. The molecule has 0 spiro atoms. The maximum atomic E-state index is 10.9. The molecule has 0 amide bonds. The van der Waals surface area contributed by atoms with Crippen molar-refractivity contribution < 1.29 is 9.90 Å². The number of nitrogens with zero attached hydrogens (tertiary/aromatic N) is 1. The highest BCUT2D eigenvalue weighted by Gasteiger charge is 2.31. The third-order valence-corrected chi connectivity index (χ3v) is 2.80. The van der Waals surface area contributed by atoms with E-state index in [4.69, 9.17) is 16.6 Å². The fraction of sp³-hybridized carbons (Fsp3) is 0.600. The van der Waals surface area contributed by atoms with Crippen molar-refractivity contribution in [2.45, 2.75) is 25.4 Å². The number of likely N-dealkylation sites (N-methyl/N-ethyl adjacent to an activating group) is 1. The Labute approximate surface area is 94.4 Å². The van der Waals surface area contributed by atoms with Gasteiger partial charge in [0.15, 0.2) is 5.96 Å². The lowest BCUT2D eigenvalue weighted by molar-refractivity contribution is -0.133. The number of carbonyl (C=O) groups is 1. The first kappa shape index (κ1) is 12.5. The third kappa shape index (κ3) is 2.73. The van der Waals surface area contributed by atoms with Crippen LogP contribution in [0.2, 0.25) is 0 Å². The predicted molar refractivity (Wildman–Crippen MR) is 61.9 cm³/mol. The van der Waals surface area contributed by atoms with Crippen LogP contribution in [-0.2, 0) is 4.79 Å². The van der Waals surface area contributed by atoms with E-state index in [1.165, 1.54) is 0 Å². The molecule has 1 aliphatic rings. The molecule has 0 aromatic carbocycles. The Hall–Kier alpha value is -1.56. The summed E-state index contributed by atoms with van der Waals surface area (Å²) in [5, 5.41) is 12.1. The van der Waals surface area contributed by atoms with Gasteiger partial charge in [0.2, 0.25) is 0 Å². The van der Waals surface area contributed by atoms with Crippen molar-refractivity contribution in [2.75, 3.05) is 7.05 Å². The van der Waals surface area contributed by atoms with Gasteiger partial charge in [-0.3, -0.25) is 0 Å². The Morgan fingerprint density at radius 3 is 2.69 bits per heavy atom. The molecule has 1 rings (SSSR count). The van der Waals surface area contributed by atoms with E-state index < -0.39 is 5.97 Å². The molecule has 6 N–H and O–H groups in total. The van der Waals surface area contributed by atoms with Gasteiger partial charge in [-0.2, -0.15) is 0 Å². The van der Waals surface area contributed by atoms with Crippen LogP contribution in [0.3, 0.4) is 0 Å². The minimum atomic E-state index is -0.905. The zero-order chi connectivity index (χ0) is 12.3. The van der Waals surface area contributed by atoms with Crippen LogP contribution in [0.1, 0.15) is 13.3 Å². The summed E-state index contributed by atoms with van der Waals surface area (Å²) < 4.78 is 0. The minimum Gasteiger partial charge on any atom is -0.478 e. The summed E-state index contributed by atoms with van der Waals surface area (Å²) in [5.41, 5.74) is 11.0. The molecule has 0 saturated carbocycles. The van der Waals surface area contributed by atoms with Gasteiger partial charge in [0.1, 0.15) is 0 Å². The summed E-state index contributed by atoms with van der Waals surface area (Å²) in [6, 6.07) is -0.161. The fourth-order valence-electron chi connectivity index (χ4n) is 2.12. The van der Waals surface area contributed by atoms with E-state index in [-0.39, 0.29) is 24.0 Å². The van der Waals surface area contributed by atoms with Crippen molar-refractivity contribution in [3.63, 3.8) is 0 Å². The average molecular weight is 226 g/mol. The number of nitrogens with two attached hydrogens (primary N) is 2. The molecule has 6 nitrogen and oxygen atoms in total. The smallest absolute Gasteiger partial charge is 0.331 e. The normalized spacial score (nSPS) is 29.4. The van der Waals surface area contributed by atoms with Crippen molar-refractivity contribution >= 4 is 11.9 Å². The van der Waals surface area contributed by atoms with Crippen LogP contribution in [-0.4, -0.2) is 36.2 Å². The third-order valence-electron chi connectivity index (χ3n) is 2.80. The SMILES string of the molecule is CN[C@H]1[C@H](C)C=C(C(=O)O)C[C@@H]1N=C(N)N. The first-order chi connectivity index (χ1) is 7.45. The highest BCUT2D eigenvalue weighted by atomic mass is 16.4. The molecule has 1 aliphatic carbocycles. The Balaban J connectivity index is 2.96. The van der Waals surface area contributed by atoms with E-state index >= 15 is 0 Å². The molecule has 0 aliphatic heterocycles. The second-order valence-corrected chi connectivity index (χ2v) is 4.00. The van der Waals surface area contributed by atoms with Gasteiger partial charge in [-0.25, -0.2) is 9.79 Å². The summed E-state index contributed by atoms with van der Waals surface area (Å²) in [7, 11) is 1.82. The van der Waals surface area contributed by atoms with E-state index in [0.717, 1.165) is 0 Å². The van der Waals surface area contributed by atoms with E-state index in [1.807, 2.05) is 14.0 Å². The standard InChI is InChI=1S/C10H18N4O2/c1-5-3-6(9(15)16)4-7(8(5)13-2)14-10(11)12/h3,5,7-8,13H,4H2,1-2H3,(H,15,16)(H4,11,12,14)/t5-,7+,8+/m1/s1. The van der Waals surface area contributed by atoms with Gasteiger partial charge in [0.25, 0.3) is 0 Å². The lowest BCUT2D eigenvalue weighted by atomic mass is 9.83. The van der Waals surface area contributed by atoms with E-state index in [9.17, 15) is 4.79 Å². The van der Waals surface area contributed by atoms with Crippen molar-refractivity contribution in [3.05, 3.63) is 11.6 Å². The Bertz CT molecular complexity index is 334. The Morgan fingerprint density at radius 1 is 1.62 bits per heavy atom. The number of aliphatic imine (C=N–C) groups is 1. The summed E-state index contributed by atoms with van der Waals surface area (Å²) >= 11 is 0. The molecular formula is C10H18N4O2. The van der Waals surface area contributed by atoms with Crippen molar-refractivity contribution in [1.29, 1.82) is 0 Å². The molecule has 3 atom stereocenters. The van der Waals surface area contributed by atoms with Gasteiger partial charge < -0.3 is 21.9 Å². The maximum Gasteiger partial charge on any atom is 0.331 e. The van der Waals surface area contributed by atoms with E-state index in [0.29, 0.717) is 12.0 Å². The zero-order valence-corrected chi connectivity index (χ0v) is 9.47. The number of hydrogen-bond acceptors (Lipinski definition) is 3. The maximum absolute atomic E-state index is 10.9. The number of carboxylic acid groups (broad SMARTS) is 1.